The van der Waals surface area contributed by atoms with Gasteiger partial charge < -0.3 is 10.1 Å². The summed E-state index contributed by atoms with van der Waals surface area (Å²) in [6, 6.07) is 4.53. The third kappa shape index (κ3) is 4.82. The highest BCUT2D eigenvalue weighted by molar-refractivity contribution is 5.34. The Balaban J connectivity index is 2.07. The number of rotatable bonds is 5. The Labute approximate surface area is 124 Å². The van der Waals surface area contributed by atoms with Crippen molar-refractivity contribution < 1.29 is 9.13 Å². The lowest BCUT2D eigenvalue weighted by atomic mass is 10.1. The van der Waals surface area contributed by atoms with Gasteiger partial charge in [0.05, 0.1) is 6.20 Å². The Kier molecular flexibility index (Phi) is 4.57. The van der Waals surface area contributed by atoms with Crippen LogP contribution in [-0.2, 0) is 20.2 Å². The Bertz CT molecular complexity index is 604. The molecule has 0 radical (unpaired) electrons. The molecule has 0 aliphatic rings. The van der Waals surface area contributed by atoms with Crippen molar-refractivity contribution >= 4 is 0 Å². The van der Waals surface area contributed by atoms with Gasteiger partial charge in [-0.2, -0.15) is 0 Å². The first kappa shape index (κ1) is 15.4. The van der Waals surface area contributed by atoms with E-state index in [4.69, 9.17) is 4.74 Å². The summed E-state index contributed by atoms with van der Waals surface area (Å²) in [6.07, 6.45) is 1.79. The van der Waals surface area contributed by atoms with Crippen molar-refractivity contribution in [1.29, 1.82) is 0 Å². The molecule has 0 aliphatic heterocycles. The van der Waals surface area contributed by atoms with E-state index in [1.807, 2.05) is 0 Å². The van der Waals surface area contributed by atoms with Crippen LogP contribution in [0.2, 0.25) is 0 Å². The molecule has 0 fully saturated rings. The molecule has 0 atom stereocenters. The first-order chi connectivity index (χ1) is 9.83. The zero-order valence-corrected chi connectivity index (χ0v) is 12.9. The fraction of sp³-hybridized carbons (Fsp3) is 0.467. The number of hydrogen-bond acceptors (Lipinski definition) is 4. The number of aryl methyl sites for hydroxylation is 1. The molecular formula is C15H21FN4O. The van der Waals surface area contributed by atoms with Gasteiger partial charge in [0.15, 0.2) is 0 Å². The van der Waals surface area contributed by atoms with Gasteiger partial charge in [-0.25, -0.2) is 4.39 Å². The van der Waals surface area contributed by atoms with E-state index < -0.39 is 0 Å². The number of hydrogen-bond donors (Lipinski definition) is 1. The normalized spacial score (nSPS) is 11.7. The number of nitrogens with one attached hydrogen (secondary N) is 1. The van der Waals surface area contributed by atoms with Crippen LogP contribution < -0.4 is 10.1 Å². The van der Waals surface area contributed by atoms with Gasteiger partial charge in [-0.05, 0) is 39.0 Å². The van der Waals surface area contributed by atoms with Crippen LogP contribution in [-0.4, -0.2) is 20.5 Å². The van der Waals surface area contributed by atoms with E-state index in [1.54, 1.807) is 24.0 Å². The van der Waals surface area contributed by atoms with Crippen LogP contribution in [0, 0.1) is 5.82 Å². The maximum absolute atomic E-state index is 13.4. The molecule has 0 bridgehead atoms. The average molecular weight is 292 g/mol. The van der Waals surface area contributed by atoms with E-state index in [2.05, 4.69) is 36.4 Å². The highest BCUT2D eigenvalue weighted by Gasteiger charge is 2.12. The van der Waals surface area contributed by atoms with Crippen molar-refractivity contribution in [1.82, 2.24) is 20.3 Å². The first-order valence-electron chi connectivity index (χ1n) is 6.85. The molecule has 114 valence electrons. The molecule has 0 amide bonds. The highest BCUT2D eigenvalue weighted by atomic mass is 19.1. The highest BCUT2D eigenvalue weighted by Crippen LogP contribution is 2.21. The second kappa shape index (κ2) is 6.22. The fourth-order valence-corrected chi connectivity index (χ4v) is 1.80. The minimum Gasteiger partial charge on any atom is -0.487 e. The number of nitrogens with zero attached hydrogens (tertiary/aromatic N) is 3. The van der Waals surface area contributed by atoms with E-state index in [9.17, 15) is 4.39 Å². The monoisotopic (exact) mass is 292 g/mol. The molecule has 0 saturated heterocycles. The van der Waals surface area contributed by atoms with Crippen molar-refractivity contribution in [2.75, 3.05) is 0 Å². The second-order valence-corrected chi connectivity index (χ2v) is 6.03. The third-order valence-corrected chi connectivity index (χ3v) is 2.86. The van der Waals surface area contributed by atoms with Crippen molar-refractivity contribution in [2.24, 2.45) is 7.05 Å². The van der Waals surface area contributed by atoms with Crippen molar-refractivity contribution in [2.45, 2.75) is 39.5 Å². The molecule has 5 nitrogen and oxygen atoms in total. The van der Waals surface area contributed by atoms with Gasteiger partial charge in [0.2, 0.25) is 0 Å². The number of aromatic nitrogens is 3. The second-order valence-electron chi connectivity index (χ2n) is 6.03. The summed E-state index contributed by atoms with van der Waals surface area (Å²) in [5.41, 5.74) is 1.47. The Morgan fingerprint density at radius 1 is 1.33 bits per heavy atom. The summed E-state index contributed by atoms with van der Waals surface area (Å²) in [5.74, 6) is 0.381. The van der Waals surface area contributed by atoms with Crippen LogP contribution in [0.4, 0.5) is 4.39 Å². The number of benzene rings is 1. The van der Waals surface area contributed by atoms with Crippen LogP contribution in [0.25, 0.3) is 0 Å². The van der Waals surface area contributed by atoms with Gasteiger partial charge in [0.25, 0.3) is 0 Å². The molecule has 0 saturated carbocycles. The molecule has 2 aromatic rings. The minimum absolute atomic E-state index is 0.0471. The molecule has 0 aliphatic carbocycles. The Morgan fingerprint density at radius 2 is 2.10 bits per heavy atom. The van der Waals surface area contributed by atoms with E-state index in [1.165, 1.54) is 12.1 Å². The van der Waals surface area contributed by atoms with Gasteiger partial charge in [-0.1, -0.05) is 5.21 Å². The first-order valence-corrected chi connectivity index (χ1v) is 6.85. The van der Waals surface area contributed by atoms with Gasteiger partial charge in [0.1, 0.15) is 23.9 Å². The summed E-state index contributed by atoms with van der Waals surface area (Å²) in [4.78, 5) is 0. The molecule has 0 spiro atoms. The van der Waals surface area contributed by atoms with E-state index in [0.717, 1.165) is 11.3 Å². The number of ether oxygens (including phenoxy) is 1. The lowest BCUT2D eigenvalue weighted by molar-refractivity contribution is 0.294. The SMILES string of the molecule is Cn1cc(COc2ccc(F)cc2CNC(C)(C)C)nn1. The van der Waals surface area contributed by atoms with Gasteiger partial charge in [-0.15, -0.1) is 5.10 Å². The summed E-state index contributed by atoms with van der Waals surface area (Å²) in [6.45, 7) is 7.03. The molecule has 21 heavy (non-hydrogen) atoms. The Morgan fingerprint density at radius 3 is 2.71 bits per heavy atom. The maximum Gasteiger partial charge on any atom is 0.134 e. The zero-order valence-electron chi connectivity index (χ0n) is 12.9. The molecule has 2 rings (SSSR count). The molecule has 6 heteroatoms. The van der Waals surface area contributed by atoms with Crippen molar-refractivity contribution in [3.63, 3.8) is 0 Å². The van der Waals surface area contributed by atoms with Crippen LogP contribution in [0.3, 0.4) is 0 Å². The summed E-state index contributed by atoms with van der Waals surface area (Å²) < 4.78 is 20.8. The smallest absolute Gasteiger partial charge is 0.134 e. The molecule has 0 unspecified atom stereocenters. The van der Waals surface area contributed by atoms with Crippen LogP contribution in [0.1, 0.15) is 32.0 Å². The lowest BCUT2D eigenvalue weighted by Gasteiger charge is -2.21. The standard InChI is InChI=1S/C15H21FN4O/c1-15(2,3)17-8-11-7-12(16)5-6-14(11)21-10-13-9-20(4)19-18-13/h5-7,9,17H,8,10H2,1-4H3. The van der Waals surface area contributed by atoms with Gasteiger partial charge in [-0.3, -0.25) is 4.68 Å². The quantitative estimate of drug-likeness (QED) is 0.919. The van der Waals surface area contributed by atoms with Gasteiger partial charge in [0, 0.05) is 24.7 Å². The maximum atomic E-state index is 13.4. The Hall–Kier alpha value is -1.95. The molecule has 1 heterocycles. The van der Waals surface area contributed by atoms with Crippen LogP contribution in [0.5, 0.6) is 5.75 Å². The largest absolute Gasteiger partial charge is 0.487 e. The number of halogens is 1. The van der Waals surface area contributed by atoms with E-state index in [0.29, 0.717) is 18.9 Å². The fourth-order valence-electron chi connectivity index (χ4n) is 1.80. The van der Waals surface area contributed by atoms with Crippen molar-refractivity contribution in [3.8, 4) is 5.75 Å². The summed E-state index contributed by atoms with van der Waals surface area (Å²) in [7, 11) is 1.80. The van der Waals surface area contributed by atoms with E-state index >= 15 is 0 Å². The molecule has 1 aromatic carbocycles. The van der Waals surface area contributed by atoms with Crippen molar-refractivity contribution in [3.05, 3.63) is 41.5 Å². The third-order valence-electron chi connectivity index (χ3n) is 2.86. The molecule has 1 N–H and O–H groups in total. The average Bonchev–Trinajstić information content (AvgIpc) is 2.80. The van der Waals surface area contributed by atoms with Crippen LogP contribution >= 0.6 is 0 Å². The minimum atomic E-state index is -0.271. The zero-order chi connectivity index (χ0) is 15.5. The van der Waals surface area contributed by atoms with E-state index in [-0.39, 0.29) is 11.4 Å². The van der Waals surface area contributed by atoms with Crippen LogP contribution in [0.15, 0.2) is 24.4 Å². The topological polar surface area (TPSA) is 52.0 Å². The summed E-state index contributed by atoms with van der Waals surface area (Å²) >= 11 is 0. The van der Waals surface area contributed by atoms with Gasteiger partial charge >= 0.3 is 0 Å². The molecular weight excluding hydrogens is 271 g/mol. The molecule has 1 aromatic heterocycles. The predicted octanol–water partition coefficient (Wildman–Crippen LogP) is 2.42. The summed E-state index contributed by atoms with van der Waals surface area (Å²) in [5, 5.41) is 11.1. The lowest BCUT2D eigenvalue weighted by Crippen LogP contribution is -2.35. The predicted molar refractivity (Wildman–Crippen MR) is 78.3 cm³/mol.